The van der Waals surface area contributed by atoms with Crippen molar-refractivity contribution >= 4 is 5.91 Å². The molecule has 1 atom stereocenters. The number of benzene rings is 1. The van der Waals surface area contributed by atoms with Crippen LogP contribution in [0.5, 0.6) is 0 Å². The zero-order valence-electron chi connectivity index (χ0n) is 12.2. The average molecular weight is 318 g/mol. The van der Waals surface area contributed by atoms with Crippen molar-refractivity contribution in [1.82, 2.24) is 10.2 Å². The third-order valence-electron chi connectivity index (χ3n) is 3.87. The van der Waals surface area contributed by atoms with Gasteiger partial charge in [-0.1, -0.05) is 6.07 Å². The van der Waals surface area contributed by atoms with Crippen molar-refractivity contribution in [3.63, 3.8) is 0 Å². The highest BCUT2D eigenvalue weighted by atomic mass is 19.4. The summed E-state index contributed by atoms with van der Waals surface area (Å²) in [5, 5.41) is 2.56. The average Bonchev–Trinajstić information content (AvgIpc) is 2.86. The Kier molecular flexibility index (Phi) is 5.05. The lowest BCUT2D eigenvalue weighted by Crippen LogP contribution is -2.24. The van der Waals surface area contributed by atoms with Gasteiger partial charge in [0.1, 0.15) is 5.82 Å². The first-order valence-corrected chi connectivity index (χ1v) is 7.08. The van der Waals surface area contributed by atoms with Gasteiger partial charge < -0.3 is 5.32 Å². The number of nitrogens with one attached hydrogen (secondary N) is 1. The molecule has 1 N–H and O–H groups in total. The van der Waals surface area contributed by atoms with E-state index in [2.05, 4.69) is 5.32 Å². The second-order valence-corrected chi connectivity index (χ2v) is 5.58. The Morgan fingerprint density at radius 1 is 1.41 bits per heavy atom. The molecule has 0 radical (unpaired) electrons. The van der Waals surface area contributed by atoms with Gasteiger partial charge in [0.15, 0.2) is 0 Å². The number of hydrogen-bond donors (Lipinski definition) is 1. The zero-order valence-corrected chi connectivity index (χ0v) is 12.2. The molecular formula is C15H18F4N2O. The molecule has 1 fully saturated rings. The number of carbonyl (C=O) groups excluding carboxylic acids is 1. The minimum absolute atomic E-state index is 0.0343. The van der Waals surface area contributed by atoms with Crippen molar-refractivity contribution in [2.24, 2.45) is 5.92 Å². The van der Waals surface area contributed by atoms with Crippen molar-refractivity contribution < 1.29 is 22.4 Å². The van der Waals surface area contributed by atoms with Gasteiger partial charge in [-0.3, -0.25) is 9.69 Å². The molecule has 0 spiro atoms. The van der Waals surface area contributed by atoms with E-state index in [9.17, 15) is 22.4 Å². The molecule has 1 heterocycles. The van der Waals surface area contributed by atoms with E-state index in [0.717, 1.165) is 25.1 Å². The number of likely N-dealkylation sites (tertiary alicyclic amines) is 1. The molecule has 1 saturated heterocycles. The van der Waals surface area contributed by atoms with Gasteiger partial charge in [-0.2, -0.15) is 13.2 Å². The van der Waals surface area contributed by atoms with Crippen LogP contribution in [0.3, 0.4) is 0 Å². The summed E-state index contributed by atoms with van der Waals surface area (Å²) in [7, 11) is 1.58. The third kappa shape index (κ3) is 4.19. The first-order chi connectivity index (χ1) is 10.3. The first-order valence-electron chi connectivity index (χ1n) is 7.08. The standard InChI is InChI=1S/C15H18F4N2O/c1-20-14(22)7-11-4-5-21(9-11)8-10-2-3-13(16)12(6-10)15(17,18)19/h2-3,6,11H,4-5,7-9H2,1H3,(H,20,22). The molecule has 0 saturated carbocycles. The van der Waals surface area contributed by atoms with Crippen LogP contribution in [-0.2, 0) is 17.5 Å². The lowest BCUT2D eigenvalue weighted by Gasteiger charge is -2.17. The maximum absolute atomic E-state index is 13.2. The van der Waals surface area contributed by atoms with E-state index in [1.807, 2.05) is 4.90 Å². The maximum atomic E-state index is 13.2. The first kappa shape index (κ1) is 16.7. The normalized spacial score (nSPS) is 19.4. The summed E-state index contributed by atoms with van der Waals surface area (Å²) >= 11 is 0. The highest BCUT2D eigenvalue weighted by Gasteiger charge is 2.34. The van der Waals surface area contributed by atoms with Gasteiger partial charge in [-0.15, -0.1) is 0 Å². The largest absolute Gasteiger partial charge is 0.419 e. The molecule has 0 aromatic heterocycles. The topological polar surface area (TPSA) is 32.3 Å². The Labute approximate surface area is 126 Å². The van der Waals surface area contributed by atoms with Crippen molar-refractivity contribution in [3.05, 3.63) is 35.1 Å². The molecule has 1 aliphatic rings. The Bertz CT molecular complexity index is 545. The van der Waals surface area contributed by atoms with Crippen LogP contribution in [-0.4, -0.2) is 30.9 Å². The minimum atomic E-state index is -4.69. The summed E-state index contributed by atoms with van der Waals surface area (Å²) in [5.74, 6) is -1.08. The van der Waals surface area contributed by atoms with Gasteiger partial charge in [-0.05, 0) is 36.6 Å². The number of carbonyl (C=O) groups is 1. The quantitative estimate of drug-likeness (QED) is 0.866. The smallest absolute Gasteiger partial charge is 0.359 e. The van der Waals surface area contributed by atoms with E-state index in [0.29, 0.717) is 25.1 Å². The van der Waals surface area contributed by atoms with Gasteiger partial charge in [0.25, 0.3) is 0 Å². The Morgan fingerprint density at radius 2 is 2.14 bits per heavy atom. The van der Waals surface area contributed by atoms with Crippen LogP contribution in [0.1, 0.15) is 24.0 Å². The Balaban J connectivity index is 1.99. The number of hydrogen-bond acceptors (Lipinski definition) is 2. The van der Waals surface area contributed by atoms with E-state index in [1.165, 1.54) is 6.07 Å². The SMILES string of the molecule is CNC(=O)CC1CCN(Cc2ccc(F)c(C(F)(F)F)c2)C1. The maximum Gasteiger partial charge on any atom is 0.419 e. The second kappa shape index (κ2) is 6.64. The van der Waals surface area contributed by atoms with Crippen molar-refractivity contribution in [2.75, 3.05) is 20.1 Å². The fourth-order valence-corrected chi connectivity index (χ4v) is 2.73. The minimum Gasteiger partial charge on any atom is -0.359 e. The fourth-order valence-electron chi connectivity index (χ4n) is 2.73. The highest BCUT2D eigenvalue weighted by molar-refractivity contribution is 5.75. The number of halogens is 4. The summed E-state index contributed by atoms with van der Waals surface area (Å²) in [6.45, 7) is 1.71. The van der Waals surface area contributed by atoms with Crippen LogP contribution in [0.2, 0.25) is 0 Å². The lowest BCUT2D eigenvalue weighted by atomic mass is 10.0. The second-order valence-electron chi connectivity index (χ2n) is 5.58. The predicted octanol–water partition coefficient (Wildman–Crippen LogP) is 2.80. The van der Waals surface area contributed by atoms with Crippen molar-refractivity contribution in [1.29, 1.82) is 0 Å². The van der Waals surface area contributed by atoms with Gasteiger partial charge in [-0.25, -0.2) is 4.39 Å². The predicted molar refractivity (Wildman–Crippen MR) is 73.5 cm³/mol. The van der Waals surface area contributed by atoms with E-state index in [4.69, 9.17) is 0 Å². The monoisotopic (exact) mass is 318 g/mol. The van der Waals surface area contributed by atoms with Crippen molar-refractivity contribution in [2.45, 2.75) is 25.6 Å². The summed E-state index contributed by atoms with van der Waals surface area (Å²) in [6.07, 6.45) is -3.43. The molecule has 3 nitrogen and oxygen atoms in total. The molecule has 22 heavy (non-hydrogen) atoms. The van der Waals surface area contributed by atoms with E-state index >= 15 is 0 Å². The molecule has 1 aliphatic heterocycles. The third-order valence-corrected chi connectivity index (χ3v) is 3.87. The molecule has 1 aromatic rings. The van der Waals surface area contributed by atoms with Gasteiger partial charge in [0.2, 0.25) is 5.91 Å². The van der Waals surface area contributed by atoms with Crippen LogP contribution >= 0.6 is 0 Å². The number of amides is 1. The van der Waals surface area contributed by atoms with Crippen molar-refractivity contribution in [3.8, 4) is 0 Å². The van der Waals surface area contributed by atoms with Crippen LogP contribution in [0.4, 0.5) is 17.6 Å². The van der Waals surface area contributed by atoms with Gasteiger partial charge in [0, 0.05) is 26.6 Å². The molecule has 0 bridgehead atoms. The molecule has 1 aromatic carbocycles. The van der Waals surface area contributed by atoms with Gasteiger partial charge >= 0.3 is 6.18 Å². The molecule has 0 aliphatic carbocycles. The van der Waals surface area contributed by atoms with E-state index in [-0.39, 0.29) is 11.8 Å². The summed E-state index contributed by atoms with van der Waals surface area (Å²) in [4.78, 5) is 13.3. The van der Waals surface area contributed by atoms with E-state index in [1.54, 1.807) is 7.05 Å². The van der Waals surface area contributed by atoms with Crippen LogP contribution in [0, 0.1) is 11.7 Å². The number of nitrogens with zero attached hydrogens (tertiary/aromatic N) is 1. The zero-order chi connectivity index (χ0) is 16.3. The number of rotatable bonds is 4. The molecule has 1 amide bonds. The molecular weight excluding hydrogens is 300 g/mol. The lowest BCUT2D eigenvalue weighted by molar-refractivity contribution is -0.140. The molecule has 1 unspecified atom stereocenters. The van der Waals surface area contributed by atoms with Gasteiger partial charge in [0.05, 0.1) is 5.56 Å². The summed E-state index contributed by atoms with van der Waals surface area (Å²) in [5.41, 5.74) is -0.805. The molecule has 2 rings (SSSR count). The van der Waals surface area contributed by atoms with E-state index < -0.39 is 17.6 Å². The molecule has 7 heteroatoms. The summed E-state index contributed by atoms with van der Waals surface area (Å²) in [6, 6.07) is 3.09. The number of alkyl halides is 3. The Hall–Kier alpha value is -1.63. The Morgan fingerprint density at radius 3 is 2.77 bits per heavy atom. The summed E-state index contributed by atoms with van der Waals surface area (Å²) < 4.78 is 51.3. The van der Waals surface area contributed by atoms with Crippen LogP contribution in [0.15, 0.2) is 18.2 Å². The highest BCUT2D eigenvalue weighted by Crippen LogP contribution is 2.32. The molecule has 122 valence electrons. The fraction of sp³-hybridized carbons (Fsp3) is 0.533. The van der Waals surface area contributed by atoms with Crippen LogP contribution in [0.25, 0.3) is 0 Å². The van der Waals surface area contributed by atoms with Crippen LogP contribution < -0.4 is 5.32 Å².